The molecular weight excluding hydrogens is 205 g/mol. The fourth-order valence-corrected chi connectivity index (χ4v) is 2.22. The maximum atomic E-state index is 12.5. The van der Waals surface area contributed by atoms with E-state index in [1.807, 2.05) is 0 Å². The van der Waals surface area contributed by atoms with Gasteiger partial charge < -0.3 is 0 Å². The van der Waals surface area contributed by atoms with Gasteiger partial charge in [0, 0.05) is 11.8 Å². The summed E-state index contributed by atoms with van der Waals surface area (Å²) in [5.41, 5.74) is 0. The second-order valence-corrected chi connectivity index (χ2v) is 4.66. The van der Waals surface area contributed by atoms with Crippen LogP contribution in [0.4, 0.5) is 13.2 Å². The molecule has 0 aromatic heterocycles. The lowest BCUT2D eigenvalue weighted by Crippen LogP contribution is -2.33. The number of halogens is 3. The molecule has 0 aliphatic heterocycles. The quantitative estimate of drug-likeness (QED) is 0.698. The molecule has 1 aliphatic rings. The lowest BCUT2D eigenvalue weighted by atomic mass is 9.77. The molecule has 4 heteroatoms. The van der Waals surface area contributed by atoms with Gasteiger partial charge in [-0.2, -0.15) is 13.2 Å². The molecular formula is C11H17F3O. The monoisotopic (exact) mass is 222 g/mol. The van der Waals surface area contributed by atoms with Gasteiger partial charge in [0.1, 0.15) is 5.78 Å². The number of hydrogen-bond acceptors (Lipinski definition) is 1. The van der Waals surface area contributed by atoms with Crippen LogP contribution in [0.25, 0.3) is 0 Å². The van der Waals surface area contributed by atoms with Crippen LogP contribution in [-0.4, -0.2) is 12.0 Å². The number of rotatable bonds is 2. The Labute approximate surface area is 88.0 Å². The first-order valence-electron chi connectivity index (χ1n) is 5.42. The van der Waals surface area contributed by atoms with Gasteiger partial charge in [0.2, 0.25) is 0 Å². The van der Waals surface area contributed by atoms with Crippen molar-refractivity contribution >= 4 is 5.78 Å². The minimum atomic E-state index is -4.13. The topological polar surface area (TPSA) is 17.1 Å². The van der Waals surface area contributed by atoms with Crippen LogP contribution in [-0.2, 0) is 4.79 Å². The van der Waals surface area contributed by atoms with Crippen molar-refractivity contribution in [3.05, 3.63) is 0 Å². The zero-order valence-electron chi connectivity index (χ0n) is 9.10. The fourth-order valence-electron chi connectivity index (χ4n) is 2.22. The molecule has 0 N–H and O–H groups in total. The van der Waals surface area contributed by atoms with Gasteiger partial charge in [-0.1, -0.05) is 20.3 Å². The maximum absolute atomic E-state index is 12.5. The molecule has 0 aromatic rings. The Morgan fingerprint density at radius 3 is 2.33 bits per heavy atom. The van der Waals surface area contributed by atoms with E-state index in [1.54, 1.807) is 13.8 Å². The predicted molar refractivity (Wildman–Crippen MR) is 51.3 cm³/mol. The van der Waals surface area contributed by atoms with Crippen LogP contribution in [0.5, 0.6) is 0 Å². The summed E-state index contributed by atoms with van der Waals surface area (Å²) in [5, 5.41) is 0. The van der Waals surface area contributed by atoms with Crippen molar-refractivity contribution in [3.8, 4) is 0 Å². The van der Waals surface area contributed by atoms with Crippen molar-refractivity contribution in [2.24, 2.45) is 17.8 Å². The SMILES string of the molecule is CC(C)C(=O)C1CCCC(C(F)(F)F)C1. The molecule has 1 fully saturated rings. The van der Waals surface area contributed by atoms with Gasteiger partial charge in [0.15, 0.2) is 0 Å². The van der Waals surface area contributed by atoms with E-state index in [-0.39, 0.29) is 30.5 Å². The Kier molecular flexibility index (Phi) is 3.79. The molecule has 0 saturated heterocycles. The van der Waals surface area contributed by atoms with Crippen LogP contribution in [0.2, 0.25) is 0 Å². The summed E-state index contributed by atoms with van der Waals surface area (Å²) in [6, 6.07) is 0. The Morgan fingerprint density at radius 1 is 1.27 bits per heavy atom. The molecule has 15 heavy (non-hydrogen) atoms. The maximum Gasteiger partial charge on any atom is 0.391 e. The molecule has 2 unspecified atom stereocenters. The predicted octanol–water partition coefficient (Wildman–Crippen LogP) is 3.58. The highest BCUT2D eigenvalue weighted by Gasteiger charge is 2.43. The summed E-state index contributed by atoms with van der Waals surface area (Å²) in [6.07, 6.45) is -2.79. The molecule has 0 amide bonds. The third kappa shape index (κ3) is 3.21. The van der Waals surface area contributed by atoms with Crippen molar-refractivity contribution < 1.29 is 18.0 Å². The fraction of sp³-hybridized carbons (Fsp3) is 0.909. The van der Waals surface area contributed by atoms with Crippen molar-refractivity contribution in [1.29, 1.82) is 0 Å². The molecule has 1 nitrogen and oxygen atoms in total. The van der Waals surface area contributed by atoms with E-state index in [9.17, 15) is 18.0 Å². The van der Waals surface area contributed by atoms with E-state index < -0.39 is 12.1 Å². The first-order valence-corrected chi connectivity index (χ1v) is 5.42. The van der Waals surface area contributed by atoms with Crippen molar-refractivity contribution in [1.82, 2.24) is 0 Å². The zero-order chi connectivity index (χ0) is 11.6. The highest BCUT2D eigenvalue weighted by atomic mass is 19.4. The van der Waals surface area contributed by atoms with Gasteiger partial charge in [0.05, 0.1) is 5.92 Å². The van der Waals surface area contributed by atoms with Crippen molar-refractivity contribution in [2.45, 2.75) is 45.7 Å². The standard InChI is InChI=1S/C11H17F3O/c1-7(2)10(15)8-4-3-5-9(6-8)11(12,13)14/h7-9H,3-6H2,1-2H3. The minimum Gasteiger partial charge on any atom is -0.299 e. The van der Waals surface area contributed by atoms with Gasteiger partial charge in [-0.25, -0.2) is 0 Å². The summed E-state index contributed by atoms with van der Waals surface area (Å²) in [5.74, 6) is -1.80. The summed E-state index contributed by atoms with van der Waals surface area (Å²) in [4.78, 5) is 11.6. The van der Waals surface area contributed by atoms with E-state index in [0.717, 1.165) is 0 Å². The molecule has 0 heterocycles. The normalized spacial score (nSPS) is 28.1. The molecule has 1 rings (SSSR count). The first kappa shape index (κ1) is 12.5. The highest BCUT2D eigenvalue weighted by Crippen LogP contribution is 2.40. The summed E-state index contributed by atoms with van der Waals surface area (Å²) in [7, 11) is 0. The first-order chi connectivity index (χ1) is 6.82. The molecule has 0 bridgehead atoms. The summed E-state index contributed by atoms with van der Waals surface area (Å²) >= 11 is 0. The number of Topliss-reactive ketones (excluding diaryl/α,β-unsaturated/α-hetero) is 1. The third-order valence-electron chi connectivity index (χ3n) is 3.11. The van der Waals surface area contributed by atoms with Crippen LogP contribution < -0.4 is 0 Å². The van der Waals surface area contributed by atoms with Crippen molar-refractivity contribution in [2.75, 3.05) is 0 Å². The van der Waals surface area contributed by atoms with Gasteiger partial charge in [-0.3, -0.25) is 4.79 Å². The van der Waals surface area contributed by atoms with Crippen LogP contribution in [0.15, 0.2) is 0 Å². The molecule has 0 radical (unpaired) electrons. The van der Waals surface area contributed by atoms with E-state index in [2.05, 4.69) is 0 Å². The van der Waals surface area contributed by atoms with E-state index in [4.69, 9.17) is 0 Å². The molecule has 0 spiro atoms. The molecule has 1 aliphatic carbocycles. The second-order valence-electron chi connectivity index (χ2n) is 4.66. The Hall–Kier alpha value is -0.540. The highest BCUT2D eigenvalue weighted by molar-refractivity contribution is 5.82. The van der Waals surface area contributed by atoms with E-state index >= 15 is 0 Å². The van der Waals surface area contributed by atoms with E-state index in [1.165, 1.54) is 0 Å². The number of carbonyl (C=O) groups is 1. The summed E-state index contributed by atoms with van der Waals surface area (Å²) in [6.45, 7) is 3.50. The zero-order valence-corrected chi connectivity index (χ0v) is 9.10. The van der Waals surface area contributed by atoms with Gasteiger partial charge in [-0.15, -0.1) is 0 Å². The minimum absolute atomic E-state index is 0.000509. The van der Waals surface area contributed by atoms with Crippen LogP contribution in [0.1, 0.15) is 39.5 Å². The number of alkyl halides is 3. The lowest BCUT2D eigenvalue weighted by Gasteiger charge is -2.30. The molecule has 2 atom stereocenters. The lowest BCUT2D eigenvalue weighted by molar-refractivity contribution is -0.186. The molecule has 88 valence electrons. The second kappa shape index (κ2) is 4.54. The van der Waals surface area contributed by atoms with Gasteiger partial charge in [0.25, 0.3) is 0 Å². The van der Waals surface area contributed by atoms with Crippen LogP contribution in [0, 0.1) is 17.8 Å². The average molecular weight is 222 g/mol. The Morgan fingerprint density at radius 2 is 1.87 bits per heavy atom. The largest absolute Gasteiger partial charge is 0.391 e. The Balaban J connectivity index is 2.60. The number of hydrogen-bond donors (Lipinski definition) is 0. The molecule has 0 aromatic carbocycles. The molecule has 1 saturated carbocycles. The van der Waals surface area contributed by atoms with E-state index in [0.29, 0.717) is 12.8 Å². The summed E-state index contributed by atoms with van der Waals surface area (Å²) < 4.78 is 37.4. The van der Waals surface area contributed by atoms with Crippen LogP contribution >= 0.6 is 0 Å². The Bertz CT molecular complexity index is 232. The van der Waals surface area contributed by atoms with Gasteiger partial charge in [-0.05, 0) is 19.3 Å². The van der Waals surface area contributed by atoms with Crippen LogP contribution in [0.3, 0.4) is 0 Å². The smallest absolute Gasteiger partial charge is 0.299 e. The number of carbonyl (C=O) groups excluding carboxylic acids is 1. The average Bonchev–Trinajstić information content (AvgIpc) is 2.15. The third-order valence-corrected chi connectivity index (χ3v) is 3.11. The number of ketones is 1. The van der Waals surface area contributed by atoms with Gasteiger partial charge >= 0.3 is 6.18 Å². The van der Waals surface area contributed by atoms with Crippen molar-refractivity contribution in [3.63, 3.8) is 0 Å².